The molecule has 2 aromatic carbocycles. The van der Waals surface area contributed by atoms with Crippen molar-refractivity contribution in [1.29, 1.82) is 0 Å². The van der Waals surface area contributed by atoms with Crippen LogP contribution in [-0.2, 0) is 7.05 Å². The van der Waals surface area contributed by atoms with Gasteiger partial charge in [-0.15, -0.1) is 0 Å². The van der Waals surface area contributed by atoms with Crippen LogP contribution in [0.15, 0.2) is 65.8 Å². The van der Waals surface area contributed by atoms with Gasteiger partial charge in [0, 0.05) is 30.5 Å². The average Bonchev–Trinajstić information content (AvgIpc) is 3.22. The maximum atomic E-state index is 13.7. The molecule has 0 radical (unpaired) electrons. The zero-order valence-electron chi connectivity index (χ0n) is 18.6. The zero-order chi connectivity index (χ0) is 25.4. The van der Waals surface area contributed by atoms with Crippen molar-refractivity contribution in [3.8, 4) is 28.4 Å². The van der Waals surface area contributed by atoms with Gasteiger partial charge in [0.1, 0.15) is 16.8 Å². The first-order valence-corrected chi connectivity index (χ1v) is 10.6. The number of ether oxygens (including phenoxy) is 2. The second kappa shape index (κ2) is 9.29. The number of fused-ring (bicyclic) bond motifs is 2. The number of aromatic nitrogens is 5. The normalized spacial score (nSPS) is 11.6. The van der Waals surface area contributed by atoms with Crippen molar-refractivity contribution in [3.63, 3.8) is 0 Å². The molecule has 0 unspecified atom stereocenters. The Morgan fingerprint density at radius 3 is 2.50 bits per heavy atom. The summed E-state index contributed by atoms with van der Waals surface area (Å²) < 4.78 is 62.8. The molecule has 0 saturated carbocycles. The van der Waals surface area contributed by atoms with Crippen LogP contribution in [0.5, 0.6) is 11.6 Å². The largest absolute Gasteiger partial charge is 0.470 e. The topological polar surface area (TPSA) is 84.1 Å². The number of hydrogen-bond acceptors (Lipinski definition) is 6. The number of halogens is 4. The summed E-state index contributed by atoms with van der Waals surface area (Å²) in [7, 11) is 1.78. The summed E-state index contributed by atoms with van der Waals surface area (Å²) in [5.41, 5.74) is 1.59. The smallest absolute Gasteiger partial charge is 0.387 e. The van der Waals surface area contributed by atoms with E-state index in [4.69, 9.17) is 4.74 Å². The molecule has 0 atom stereocenters. The molecule has 5 aromatic rings. The highest BCUT2D eigenvalue weighted by atomic mass is 19.3. The van der Waals surface area contributed by atoms with Gasteiger partial charge in [0.2, 0.25) is 5.88 Å². The van der Waals surface area contributed by atoms with Gasteiger partial charge >= 0.3 is 6.61 Å². The molecule has 0 N–H and O–H groups in total. The minimum Gasteiger partial charge on any atom is -0.470 e. The molecule has 3 aromatic heterocycles. The first-order chi connectivity index (χ1) is 17.3. The first-order valence-electron chi connectivity index (χ1n) is 10.6. The van der Waals surface area contributed by atoms with Gasteiger partial charge in [-0.3, -0.25) is 14.0 Å². The number of rotatable bonds is 7. The van der Waals surface area contributed by atoms with E-state index in [0.29, 0.717) is 11.3 Å². The van der Waals surface area contributed by atoms with E-state index >= 15 is 0 Å². The predicted octanol–water partition coefficient (Wildman–Crippen LogP) is 4.58. The fourth-order valence-electron chi connectivity index (χ4n) is 3.82. The summed E-state index contributed by atoms with van der Waals surface area (Å²) in [4.78, 5) is 22.2. The maximum Gasteiger partial charge on any atom is 0.387 e. The summed E-state index contributed by atoms with van der Waals surface area (Å²) in [6, 6.07) is 10.7. The van der Waals surface area contributed by atoms with E-state index in [1.54, 1.807) is 36.1 Å². The summed E-state index contributed by atoms with van der Waals surface area (Å²) in [5, 5.41) is 5.13. The zero-order valence-corrected chi connectivity index (χ0v) is 18.6. The molecule has 12 heteroatoms. The molecule has 184 valence electrons. The minimum absolute atomic E-state index is 0.0809. The summed E-state index contributed by atoms with van der Waals surface area (Å²) in [6.45, 7) is -3.90. The van der Waals surface area contributed by atoms with E-state index in [2.05, 4.69) is 19.8 Å². The molecule has 8 nitrogen and oxygen atoms in total. The number of pyridine rings is 1. The van der Waals surface area contributed by atoms with Crippen LogP contribution in [-0.4, -0.2) is 44.0 Å². The van der Waals surface area contributed by atoms with Crippen molar-refractivity contribution >= 4 is 21.9 Å². The highest BCUT2D eigenvalue weighted by Gasteiger charge is 2.18. The third-order valence-electron chi connectivity index (χ3n) is 5.31. The molecule has 0 aliphatic carbocycles. The Bertz CT molecular complexity index is 1620. The Hall–Kier alpha value is -4.48. The van der Waals surface area contributed by atoms with Gasteiger partial charge in [0.15, 0.2) is 6.61 Å². The molecule has 0 spiro atoms. The van der Waals surface area contributed by atoms with E-state index < -0.39 is 25.2 Å². The van der Waals surface area contributed by atoms with Crippen molar-refractivity contribution in [2.75, 3.05) is 6.61 Å². The van der Waals surface area contributed by atoms with Crippen LogP contribution in [0.25, 0.3) is 38.8 Å². The maximum absolute atomic E-state index is 13.7. The van der Waals surface area contributed by atoms with Crippen LogP contribution >= 0.6 is 0 Å². The van der Waals surface area contributed by atoms with Gasteiger partial charge in [-0.05, 0) is 35.9 Å². The first kappa shape index (κ1) is 23.3. The van der Waals surface area contributed by atoms with Crippen LogP contribution < -0.4 is 15.0 Å². The lowest BCUT2D eigenvalue weighted by Crippen LogP contribution is -2.21. The van der Waals surface area contributed by atoms with Crippen LogP contribution in [0.3, 0.4) is 0 Å². The van der Waals surface area contributed by atoms with Gasteiger partial charge in [-0.25, -0.2) is 18.7 Å². The Morgan fingerprint density at radius 2 is 1.78 bits per heavy atom. The Labute approximate surface area is 200 Å². The van der Waals surface area contributed by atoms with Crippen molar-refractivity contribution in [2.45, 2.75) is 13.0 Å². The van der Waals surface area contributed by atoms with E-state index in [9.17, 15) is 22.4 Å². The van der Waals surface area contributed by atoms with E-state index in [1.165, 1.54) is 41.2 Å². The standard InChI is InChI=1S/C24H17F4N5O3/c1-32-10-14-8-15(4-7-17(14)31-32)33-11-18-22(30-20(9-29-18)35-12-19(25)26)21(23(33)34)13-2-5-16(6-3-13)36-24(27)28/h2-11,19,24H,12H2,1H3. The van der Waals surface area contributed by atoms with E-state index in [-0.39, 0.29) is 28.2 Å². The molecule has 5 rings (SSSR count). The van der Waals surface area contributed by atoms with E-state index in [0.717, 1.165) is 10.9 Å². The number of benzene rings is 2. The molecule has 0 bridgehead atoms. The quantitative estimate of drug-likeness (QED) is 0.305. The average molecular weight is 499 g/mol. The van der Waals surface area contributed by atoms with Gasteiger partial charge in [0.05, 0.1) is 17.3 Å². The van der Waals surface area contributed by atoms with Gasteiger partial charge in [0.25, 0.3) is 12.0 Å². The highest BCUT2D eigenvalue weighted by Crippen LogP contribution is 2.28. The lowest BCUT2D eigenvalue weighted by Gasteiger charge is -2.13. The van der Waals surface area contributed by atoms with Crippen LogP contribution in [0.2, 0.25) is 0 Å². The van der Waals surface area contributed by atoms with Gasteiger partial charge in [-0.1, -0.05) is 12.1 Å². The Balaban J connectivity index is 1.70. The molecule has 0 amide bonds. The van der Waals surface area contributed by atoms with Crippen LogP contribution in [0.1, 0.15) is 0 Å². The third-order valence-corrected chi connectivity index (χ3v) is 5.31. The van der Waals surface area contributed by atoms with Gasteiger partial charge < -0.3 is 9.47 Å². The molecule has 0 saturated heterocycles. The number of nitrogens with zero attached hydrogens (tertiary/aromatic N) is 5. The van der Waals surface area contributed by atoms with Crippen molar-refractivity contribution in [1.82, 2.24) is 24.3 Å². The monoisotopic (exact) mass is 499 g/mol. The Morgan fingerprint density at radius 1 is 1.00 bits per heavy atom. The molecule has 0 aliphatic rings. The summed E-state index contributed by atoms with van der Waals surface area (Å²) in [5.74, 6) is -0.279. The predicted molar refractivity (Wildman–Crippen MR) is 123 cm³/mol. The molecular weight excluding hydrogens is 482 g/mol. The summed E-state index contributed by atoms with van der Waals surface area (Å²) in [6.07, 6.45) is 1.75. The van der Waals surface area contributed by atoms with Gasteiger partial charge in [-0.2, -0.15) is 13.9 Å². The molecular formula is C24H17F4N5O3. The lowest BCUT2D eigenvalue weighted by atomic mass is 10.1. The molecule has 36 heavy (non-hydrogen) atoms. The number of aryl methyl sites for hydroxylation is 1. The fraction of sp³-hybridized carbons (Fsp3) is 0.167. The third kappa shape index (κ3) is 4.57. The second-order valence-corrected chi connectivity index (χ2v) is 7.77. The van der Waals surface area contributed by atoms with E-state index in [1.807, 2.05) is 0 Å². The minimum atomic E-state index is -3.01. The van der Waals surface area contributed by atoms with Crippen LogP contribution in [0.4, 0.5) is 17.6 Å². The highest BCUT2D eigenvalue weighted by molar-refractivity contribution is 5.91. The lowest BCUT2D eigenvalue weighted by molar-refractivity contribution is -0.0498. The molecule has 0 fully saturated rings. The number of alkyl halides is 4. The number of hydrogen-bond donors (Lipinski definition) is 0. The second-order valence-electron chi connectivity index (χ2n) is 7.77. The van der Waals surface area contributed by atoms with Crippen molar-refractivity contribution in [3.05, 3.63) is 71.4 Å². The molecule has 0 aliphatic heterocycles. The Kier molecular flexibility index (Phi) is 6.00. The van der Waals surface area contributed by atoms with Crippen LogP contribution in [0, 0.1) is 0 Å². The molecule has 3 heterocycles. The van der Waals surface area contributed by atoms with Crippen molar-refractivity contribution in [2.24, 2.45) is 7.05 Å². The summed E-state index contributed by atoms with van der Waals surface area (Å²) >= 11 is 0. The van der Waals surface area contributed by atoms with Crippen molar-refractivity contribution < 1.29 is 27.0 Å². The fourth-order valence-corrected chi connectivity index (χ4v) is 3.82. The SMILES string of the molecule is Cn1cc2cc(-n3cc4ncc(OCC(F)F)nc4c(-c4ccc(OC(F)F)cc4)c3=O)ccc2n1.